The number of amides is 3. The van der Waals surface area contributed by atoms with Gasteiger partial charge in [-0.2, -0.15) is 0 Å². The number of carbonyl (C=O) groups is 3. The van der Waals surface area contributed by atoms with Crippen molar-refractivity contribution in [3.8, 4) is 0 Å². The molecule has 0 saturated carbocycles. The molecule has 0 bridgehead atoms. The minimum absolute atomic E-state index is 0.175. The molecule has 0 aliphatic heterocycles. The van der Waals surface area contributed by atoms with Crippen LogP contribution in [0, 0.1) is 0 Å². The largest absolute Gasteiger partial charge is 0.444 e. The Morgan fingerprint density at radius 2 is 1.68 bits per heavy atom. The van der Waals surface area contributed by atoms with Gasteiger partial charge in [-0.3, -0.25) is 9.59 Å². The normalized spacial score (nSPS) is 10.7. The molecule has 2 N–H and O–H groups in total. The smallest absolute Gasteiger partial charge is 0.410 e. The van der Waals surface area contributed by atoms with Crippen LogP contribution in [0.1, 0.15) is 37.6 Å². The van der Waals surface area contributed by atoms with E-state index in [9.17, 15) is 14.4 Å². The summed E-state index contributed by atoms with van der Waals surface area (Å²) in [6, 6.07) is 8.81. The quantitative estimate of drug-likeness (QED) is 0.786. The highest BCUT2D eigenvalue weighted by Gasteiger charge is 2.19. The molecule has 0 aliphatic carbocycles. The van der Waals surface area contributed by atoms with Crippen LogP contribution in [0.3, 0.4) is 0 Å². The van der Waals surface area contributed by atoms with Gasteiger partial charge in [-0.25, -0.2) is 4.79 Å². The molecular formula is C18H27N3O4. The zero-order valence-electron chi connectivity index (χ0n) is 15.3. The molecule has 7 nitrogen and oxygen atoms in total. The number of benzene rings is 1. The number of rotatable bonds is 7. The summed E-state index contributed by atoms with van der Waals surface area (Å²) in [7, 11) is 1.61. The van der Waals surface area contributed by atoms with Crippen LogP contribution >= 0.6 is 0 Å². The van der Waals surface area contributed by atoms with Gasteiger partial charge in [0.25, 0.3) is 5.91 Å². The van der Waals surface area contributed by atoms with Crippen LogP contribution in [0.2, 0.25) is 0 Å². The van der Waals surface area contributed by atoms with Crippen molar-refractivity contribution in [1.29, 1.82) is 0 Å². The van der Waals surface area contributed by atoms with Crippen LogP contribution < -0.4 is 10.6 Å². The van der Waals surface area contributed by atoms with E-state index in [0.717, 1.165) is 0 Å². The van der Waals surface area contributed by atoms with Gasteiger partial charge in [-0.15, -0.1) is 0 Å². The zero-order valence-corrected chi connectivity index (χ0v) is 15.3. The molecule has 0 heterocycles. The Bertz CT molecular complexity index is 582. The Balaban J connectivity index is 2.18. The fraction of sp³-hybridized carbons (Fsp3) is 0.500. The molecule has 3 amide bonds. The predicted octanol–water partition coefficient (Wildman–Crippen LogP) is 1.79. The number of likely N-dealkylation sites (N-methyl/N-ethyl adjacent to an activating group) is 1. The van der Waals surface area contributed by atoms with Crippen molar-refractivity contribution in [2.24, 2.45) is 0 Å². The van der Waals surface area contributed by atoms with Gasteiger partial charge in [0.2, 0.25) is 5.91 Å². The first-order chi connectivity index (χ1) is 11.7. The van der Waals surface area contributed by atoms with Crippen LogP contribution in [0.5, 0.6) is 0 Å². The van der Waals surface area contributed by atoms with Gasteiger partial charge in [-0.1, -0.05) is 18.2 Å². The van der Waals surface area contributed by atoms with Crippen molar-refractivity contribution in [3.63, 3.8) is 0 Å². The lowest BCUT2D eigenvalue weighted by molar-refractivity contribution is -0.121. The molecule has 0 radical (unpaired) electrons. The third kappa shape index (κ3) is 8.74. The number of hydrogen-bond donors (Lipinski definition) is 2. The second-order valence-corrected chi connectivity index (χ2v) is 6.62. The summed E-state index contributed by atoms with van der Waals surface area (Å²) in [5.41, 5.74) is 0.00726. The van der Waals surface area contributed by atoms with Crippen LogP contribution in [-0.2, 0) is 9.53 Å². The summed E-state index contributed by atoms with van der Waals surface area (Å²) in [6.45, 7) is 6.30. The van der Waals surface area contributed by atoms with Crippen LogP contribution in [0.15, 0.2) is 30.3 Å². The van der Waals surface area contributed by atoms with E-state index >= 15 is 0 Å². The Labute approximate surface area is 148 Å². The first kappa shape index (κ1) is 20.5. The number of ether oxygens (including phenoxy) is 1. The summed E-state index contributed by atoms with van der Waals surface area (Å²) < 4.78 is 5.22. The Morgan fingerprint density at radius 1 is 1.04 bits per heavy atom. The average molecular weight is 349 g/mol. The van der Waals surface area contributed by atoms with Crippen molar-refractivity contribution >= 4 is 17.9 Å². The molecule has 0 saturated heterocycles. The standard InChI is InChI=1S/C18H27N3O4/c1-18(2,3)25-17(24)21(4)13-12-19-15(22)10-11-20-16(23)14-8-6-5-7-9-14/h5-9H,10-13H2,1-4H3,(H,19,22)(H,20,23). The molecule has 1 aromatic carbocycles. The third-order valence-corrected chi connectivity index (χ3v) is 3.15. The number of nitrogens with one attached hydrogen (secondary N) is 2. The topological polar surface area (TPSA) is 87.7 Å². The molecule has 25 heavy (non-hydrogen) atoms. The Morgan fingerprint density at radius 3 is 2.28 bits per heavy atom. The lowest BCUT2D eigenvalue weighted by atomic mass is 10.2. The second-order valence-electron chi connectivity index (χ2n) is 6.62. The summed E-state index contributed by atoms with van der Waals surface area (Å²) in [5.74, 6) is -0.399. The minimum Gasteiger partial charge on any atom is -0.444 e. The second kappa shape index (κ2) is 9.66. The summed E-state index contributed by atoms with van der Waals surface area (Å²) in [4.78, 5) is 36.7. The van der Waals surface area contributed by atoms with Gasteiger partial charge in [0.1, 0.15) is 5.60 Å². The van der Waals surface area contributed by atoms with E-state index in [4.69, 9.17) is 4.74 Å². The van der Waals surface area contributed by atoms with E-state index in [-0.39, 0.29) is 24.8 Å². The van der Waals surface area contributed by atoms with Gasteiger partial charge in [0, 0.05) is 38.7 Å². The number of hydrogen-bond acceptors (Lipinski definition) is 4. The van der Waals surface area contributed by atoms with Gasteiger partial charge in [0.05, 0.1) is 0 Å². The van der Waals surface area contributed by atoms with Crippen molar-refractivity contribution in [2.45, 2.75) is 32.8 Å². The molecule has 0 atom stereocenters. The van der Waals surface area contributed by atoms with E-state index in [2.05, 4.69) is 10.6 Å². The average Bonchev–Trinajstić information content (AvgIpc) is 2.53. The highest BCUT2D eigenvalue weighted by molar-refractivity contribution is 5.94. The van der Waals surface area contributed by atoms with Gasteiger partial charge >= 0.3 is 6.09 Å². The van der Waals surface area contributed by atoms with E-state index < -0.39 is 11.7 Å². The monoisotopic (exact) mass is 349 g/mol. The molecule has 0 unspecified atom stereocenters. The van der Waals surface area contributed by atoms with E-state index in [0.29, 0.717) is 18.7 Å². The van der Waals surface area contributed by atoms with Gasteiger partial charge in [0.15, 0.2) is 0 Å². The fourth-order valence-electron chi connectivity index (χ4n) is 1.86. The molecule has 7 heteroatoms. The summed E-state index contributed by atoms with van der Waals surface area (Å²) in [6.07, 6.45) is -0.258. The Kier molecular flexibility index (Phi) is 7.91. The zero-order chi connectivity index (χ0) is 18.9. The first-order valence-electron chi connectivity index (χ1n) is 8.23. The van der Waals surface area contributed by atoms with Crippen LogP contribution in [0.4, 0.5) is 4.79 Å². The maximum Gasteiger partial charge on any atom is 0.410 e. The molecule has 0 aliphatic rings. The fourth-order valence-corrected chi connectivity index (χ4v) is 1.86. The predicted molar refractivity (Wildman–Crippen MR) is 95.3 cm³/mol. The number of nitrogens with zero attached hydrogens (tertiary/aromatic N) is 1. The number of carbonyl (C=O) groups excluding carboxylic acids is 3. The van der Waals surface area contributed by atoms with Crippen LogP contribution in [0.25, 0.3) is 0 Å². The highest BCUT2D eigenvalue weighted by Crippen LogP contribution is 2.08. The first-order valence-corrected chi connectivity index (χ1v) is 8.23. The summed E-state index contributed by atoms with van der Waals surface area (Å²) in [5, 5.41) is 5.39. The SMILES string of the molecule is CN(CCNC(=O)CCNC(=O)c1ccccc1)C(=O)OC(C)(C)C. The highest BCUT2D eigenvalue weighted by atomic mass is 16.6. The van der Waals surface area contributed by atoms with E-state index in [1.54, 1.807) is 52.1 Å². The lowest BCUT2D eigenvalue weighted by Crippen LogP contribution is -2.39. The minimum atomic E-state index is -0.550. The molecule has 0 fully saturated rings. The van der Waals surface area contributed by atoms with Crippen LogP contribution in [-0.4, -0.2) is 55.1 Å². The molecule has 0 aromatic heterocycles. The molecule has 0 spiro atoms. The van der Waals surface area contributed by atoms with E-state index in [1.165, 1.54) is 4.90 Å². The third-order valence-electron chi connectivity index (χ3n) is 3.15. The lowest BCUT2D eigenvalue weighted by Gasteiger charge is -2.24. The molecular weight excluding hydrogens is 322 g/mol. The Hall–Kier alpha value is -2.57. The maximum absolute atomic E-state index is 11.8. The maximum atomic E-state index is 11.8. The molecule has 1 rings (SSSR count). The van der Waals surface area contributed by atoms with E-state index in [1.807, 2.05) is 6.07 Å². The molecule has 138 valence electrons. The summed E-state index contributed by atoms with van der Waals surface area (Å²) >= 11 is 0. The van der Waals surface area contributed by atoms with Crippen molar-refractivity contribution in [1.82, 2.24) is 15.5 Å². The van der Waals surface area contributed by atoms with Gasteiger partial charge in [-0.05, 0) is 32.9 Å². The van der Waals surface area contributed by atoms with Crippen molar-refractivity contribution < 1.29 is 19.1 Å². The van der Waals surface area contributed by atoms with Gasteiger partial charge < -0.3 is 20.3 Å². The van der Waals surface area contributed by atoms with Crippen molar-refractivity contribution in [3.05, 3.63) is 35.9 Å². The molecule has 1 aromatic rings. The van der Waals surface area contributed by atoms with Crippen molar-refractivity contribution in [2.75, 3.05) is 26.7 Å².